The lowest BCUT2D eigenvalue weighted by Gasteiger charge is -2.30. The van der Waals surface area contributed by atoms with Crippen molar-refractivity contribution in [3.63, 3.8) is 0 Å². The molecule has 2 heterocycles. The van der Waals surface area contributed by atoms with Gasteiger partial charge in [0.1, 0.15) is 5.75 Å². The minimum atomic E-state index is -0.200. The highest BCUT2D eigenvalue weighted by atomic mass is 32.1. The smallest absolute Gasteiger partial charge is 0.314 e. The highest BCUT2D eigenvalue weighted by Crippen LogP contribution is 2.22. The Labute approximate surface area is 133 Å². The highest BCUT2D eigenvalue weighted by Gasteiger charge is 2.29. The number of nitrogens with zero attached hydrogens (tertiary/aromatic N) is 1. The molecule has 1 fully saturated rings. The van der Waals surface area contributed by atoms with Crippen LogP contribution in [0.3, 0.4) is 0 Å². The predicted octanol–water partition coefficient (Wildman–Crippen LogP) is 3.21. The molecule has 0 saturated carbocycles. The van der Waals surface area contributed by atoms with Crippen LogP contribution in [0.25, 0.3) is 0 Å². The van der Waals surface area contributed by atoms with Crippen LogP contribution in [-0.4, -0.2) is 29.9 Å². The van der Waals surface area contributed by atoms with Crippen molar-refractivity contribution in [3.05, 3.63) is 52.7 Å². The molecule has 0 bridgehead atoms. The maximum Gasteiger partial charge on any atom is 0.314 e. The third-order valence-corrected chi connectivity index (χ3v) is 4.67. The second kappa shape index (κ2) is 6.75. The van der Waals surface area contributed by atoms with Crippen molar-refractivity contribution in [2.75, 3.05) is 13.1 Å². The molecule has 1 aliphatic rings. The molecule has 0 aliphatic carbocycles. The van der Waals surface area contributed by atoms with Crippen molar-refractivity contribution in [1.82, 2.24) is 4.90 Å². The first-order valence-corrected chi connectivity index (χ1v) is 8.21. The topological polar surface area (TPSA) is 46.6 Å². The lowest BCUT2D eigenvalue weighted by Crippen LogP contribution is -2.40. The Bertz CT molecular complexity index is 631. The van der Waals surface area contributed by atoms with Gasteiger partial charge in [0.05, 0.1) is 10.8 Å². The van der Waals surface area contributed by atoms with Crippen LogP contribution in [0.5, 0.6) is 5.75 Å². The number of carbonyl (C=O) groups excluding carboxylic acids is 2. The summed E-state index contributed by atoms with van der Waals surface area (Å²) in [4.78, 5) is 27.0. The molecule has 1 saturated heterocycles. The number of hydrogen-bond donors (Lipinski definition) is 0. The largest absolute Gasteiger partial charge is 0.426 e. The van der Waals surface area contributed by atoms with Crippen LogP contribution in [0.15, 0.2) is 47.8 Å². The molecule has 22 heavy (non-hydrogen) atoms. The molecular weight excluding hydrogens is 298 g/mol. The minimum absolute atomic E-state index is 0.0601. The van der Waals surface area contributed by atoms with Crippen molar-refractivity contribution in [2.24, 2.45) is 5.92 Å². The second-order valence-corrected chi connectivity index (χ2v) is 6.23. The average molecular weight is 315 g/mol. The van der Waals surface area contributed by atoms with Gasteiger partial charge in [0.15, 0.2) is 0 Å². The molecule has 0 spiro atoms. The van der Waals surface area contributed by atoms with Crippen molar-refractivity contribution < 1.29 is 14.3 Å². The van der Waals surface area contributed by atoms with Gasteiger partial charge < -0.3 is 9.64 Å². The van der Waals surface area contributed by atoms with Gasteiger partial charge in [-0.25, -0.2) is 0 Å². The first-order chi connectivity index (χ1) is 10.7. The lowest BCUT2D eigenvalue weighted by atomic mass is 9.97. The van der Waals surface area contributed by atoms with E-state index in [2.05, 4.69) is 0 Å². The van der Waals surface area contributed by atoms with Crippen molar-refractivity contribution >= 4 is 23.2 Å². The molecular formula is C17H17NO3S. The summed E-state index contributed by atoms with van der Waals surface area (Å²) in [5.74, 6) is 0.302. The first kappa shape index (κ1) is 14.8. The first-order valence-electron chi connectivity index (χ1n) is 7.33. The summed E-state index contributed by atoms with van der Waals surface area (Å²) in [6.07, 6.45) is 1.31. The Hall–Kier alpha value is -2.14. The third kappa shape index (κ3) is 3.36. The van der Waals surface area contributed by atoms with Gasteiger partial charge in [-0.15, -0.1) is 11.3 Å². The van der Waals surface area contributed by atoms with E-state index in [-0.39, 0.29) is 17.8 Å². The van der Waals surface area contributed by atoms with E-state index < -0.39 is 0 Å². The normalized spacial score (nSPS) is 15.5. The van der Waals surface area contributed by atoms with Crippen LogP contribution in [0.1, 0.15) is 22.5 Å². The van der Waals surface area contributed by atoms with Crippen LogP contribution in [0.4, 0.5) is 0 Å². The molecule has 1 amide bonds. The number of carbonyl (C=O) groups is 2. The molecule has 3 rings (SSSR count). The minimum Gasteiger partial charge on any atom is -0.426 e. The summed E-state index contributed by atoms with van der Waals surface area (Å²) in [6.45, 7) is 1.20. The van der Waals surface area contributed by atoms with E-state index in [1.54, 1.807) is 12.1 Å². The van der Waals surface area contributed by atoms with Gasteiger partial charge in [-0.05, 0) is 36.4 Å². The number of rotatable bonds is 3. The summed E-state index contributed by atoms with van der Waals surface area (Å²) in [7, 11) is 0. The van der Waals surface area contributed by atoms with Crippen molar-refractivity contribution in [3.8, 4) is 5.75 Å². The number of amides is 1. The summed E-state index contributed by atoms with van der Waals surface area (Å²) in [6, 6.07) is 12.8. The van der Waals surface area contributed by atoms with E-state index in [9.17, 15) is 9.59 Å². The molecule has 4 nitrogen and oxygen atoms in total. The Balaban J connectivity index is 1.53. The molecule has 0 radical (unpaired) electrons. The van der Waals surface area contributed by atoms with Crippen molar-refractivity contribution in [2.45, 2.75) is 12.8 Å². The van der Waals surface area contributed by atoms with Gasteiger partial charge >= 0.3 is 5.97 Å². The molecule has 1 aliphatic heterocycles. The lowest BCUT2D eigenvalue weighted by molar-refractivity contribution is -0.140. The highest BCUT2D eigenvalue weighted by molar-refractivity contribution is 7.12. The second-order valence-electron chi connectivity index (χ2n) is 5.28. The van der Waals surface area contributed by atoms with E-state index in [0.29, 0.717) is 31.7 Å². The van der Waals surface area contributed by atoms with Gasteiger partial charge in [-0.3, -0.25) is 9.59 Å². The molecule has 2 aromatic rings. The Morgan fingerprint density at radius 1 is 1.05 bits per heavy atom. The molecule has 1 aromatic carbocycles. The quantitative estimate of drug-likeness (QED) is 0.645. The number of piperidine rings is 1. The summed E-state index contributed by atoms with van der Waals surface area (Å²) in [5, 5.41) is 1.90. The SMILES string of the molecule is O=C(Oc1ccccc1)C1CCN(C(=O)c2cccs2)CC1. The monoisotopic (exact) mass is 315 g/mol. The van der Waals surface area contributed by atoms with E-state index in [1.807, 2.05) is 40.6 Å². The summed E-state index contributed by atoms with van der Waals surface area (Å²) < 4.78 is 5.38. The number of likely N-dealkylation sites (tertiary alicyclic amines) is 1. The fourth-order valence-corrected chi connectivity index (χ4v) is 3.25. The standard InChI is InChI=1S/C17H17NO3S/c19-16(15-7-4-12-22-15)18-10-8-13(9-11-18)17(20)21-14-5-2-1-3-6-14/h1-7,12-13H,8-11H2. The number of benzene rings is 1. The van der Waals surface area contributed by atoms with Gasteiger partial charge in [-0.1, -0.05) is 24.3 Å². The Kier molecular flexibility index (Phi) is 4.53. The van der Waals surface area contributed by atoms with Crippen LogP contribution in [-0.2, 0) is 4.79 Å². The van der Waals surface area contributed by atoms with Gasteiger partial charge in [0, 0.05) is 13.1 Å². The van der Waals surface area contributed by atoms with Gasteiger partial charge in [0.25, 0.3) is 5.91 Å². The fraction of sp³-hybridized carbons (Fsp3) is 0.294. The van der Waals surface area contributed by atoms with Crippen LogP contribution in [0.2, 0.25) is 0 Å². The van der Waals surface area contributed by atoms with Gasteiger partial charge in [-0.2, -0.15) is 0 Å². The predicted molar refractivity (Wildman–Crippen MR) is 85.0 cm³/mol. The van der Waals surface area contributed by atoms with E-state index in [1.165, 1.54) is 11.3 Å². The fourth-order valence-electron chi connectivity index (χ4n) is 2.56. The molecule has 0 unspecified atom stereocenters. The molecule has 114 valence electrons. The summed E-state index contributed by atoms with van der Waals surface area (Å²) in [5.41, 5.74) is 0. The number of ether oxygens (including phenoxy) is 1. The molecule has 5 heteroatoms. The zero-order valence-electron chi connectivity index (χ0n) is 12.1. The Morgan fingerprint density at radius 2 is 1.77 bits per heavy atom. The number of para-hydroxylation sites is 1. The number of hydrogen-bond acceptors (Lipinski definition) is 4. The number of thiophene rings is 1. The third-order valence-electron chi connectivity index (χ3n) is 3.81. The zero-order valence-corrected chi connectivity index (χ0v) is 12.9. The van der Waals surface area contributed by atoms with E-state index in [4.69, 9.17) is 4.74 Å². The summed E-state index contributed by atoms with van der Waals surface area (Å²) >= 11 is 1.45. The average Bonchev–Trinajstić information content (AvgIpc) is 3.10. The van der Waals surface area contributed by atoms with Crippen LogP contribution in [0, 0.1) is 5.92 Å². The molecule has 0 N–H and O–H groups in total. The zero-order chi connectivity index (χ0) is 15.4. The maximum absolute atomic E-state index is 12.2. The van der Waals surface area contributed by atoms with Crippen LogP contribution < -0.4 is 4.74 Å². The molecule has 0 atom stereocenters. The van der Waals surface area contributed by atoms with Gasteiger partial charge in [0.2, 0.25) is 0 Å². The molecule has 1 aromatic heterocycles. The van der Waals surface area contributed by atoms with Crippen molar-refractivity contribution in [1.29, 1.82) is 0 Å². The Morgan fingerprint density at radius 3 is 2.41 bits per heavy atom. The maximum atomic E-state index is 12.2. The number of esters is 1. The van der Waals surface area contributed by atoms with E-state index >= 15 is 0 Å². The van der Waals surface area contributed by atoms with E-state index in [0.717, 1.165) is 4.88 Å². The van der Waals surface area contributed by atoms with Crippen LogP contribution >= 0.6 is 11.3 Å².